The van der Waals surface area contributed by atoms with Crippen molar-refractivity contribution in [3.05, 3.63) is 59.3 Å². The van der Waals surface area contributed by atoms with Crippen LogP contribution >= 0.6 is 11.8 Å². The van der Waals surface area contributed by atoms with Crippen LogP contribution in [-0.4, -0.2) is 34.5 Å². The van der Waals surface area contributed by atoms with E-state index in [1.165, 1.54) is 0 Å². The van der Waals surface area contributed by atoms with Gasteiger partial charge in [-0.3, -0.25) is 9.59 Å². The molecule has 2 heterocycles. The van der Waals surface area contributed by atoms with Crippen molar-refractivity contribution in [2.24, 2.45) is 0 Å². The Balaban J connectivity index is 1.54. The van der Waals surface area contributed by atoms with E-state index in [1.807, 2.05) is 31.2 Å². The second-order valence-corrected chi connectivity index (χ2v) is 8.08. The van der Waals surface area contributed by atoms with E-state index >= 15 is 0 Å². The zero-order chi connectivity index (χ0) is 20.5. The van der Waals surface area contributed by atoms with Gasteiger partial charge in [-0.2, -0.15) is 0 Å². The summed E-state index contributed by atoms with van der Waals surface area (Å²) in [5, 5.41) is 3.61. The van der Waals surface area contributed by atoms with Crippen LogP contribution < -0.4 is 5.32 Å². The van der Waals surface area contributed by atoms with Crippen molar-refractivity contribution in [3.8, 4) is 0 Å². The number of nitrogens with one attached hydrogen (secondary N) is 2. The smallest absolute Gasteiger partial charge is 0.338 e. The molecule has 1 aromatic heterocycles. The van der Waals surface area contributed by atoms with Crippen LogP contribution in [0.2, 0.25) is 0 Å². The number of para-hydroxylation sites is 1. The number of amides is 1. The third-order valence-electron chi connectivity index (χ3n) is 4.87. The van der Waals surface area contributed by atoms with E-state index in [2.05, 4.69) is 10.3 Å². The van der Waals surface area contributed by atoms with Crippen molar-refractivity contribution in [3.63, 3.8) is 0 Å². The number of hydrogen-bond acceptors (Lipinski definition) is 5. The van der Waals surface area contributed by atoms with Crippen LogP contribution in [0.3, 0.4) is 0 Å². The van der Waals surface area contributed by atoms with E-state index in [9.17, 15) is 14.4 Å². The standard InChI is InChI=1S/C22H20N2O4S/c1-12-20(15-5-3-4-6-16(15)23-12)21(26)13(2)28-22(27)14-7-8-18-17(11-14)24-19(25)9-10-29-18/h3-8,11,13,23H,9-10H2,1-2H3,(H,24,25)/t13-/m1/s1. The lowest BCUT2D eigenvalue weighted by Gasteiger charge is -2.14. The predicted molar refractivity (Wildman–Crippen MR) is 113 cm³/mol. The summed E-state index contributed by atoms with van der Waals surface area (Å²) in [4.78, 5) is 41.5. The van der Waals surface area contributed by atoms with Gasteiger partial charge in [-0.15, -0.1) is 11.8 Å². The lowest BCUT2D eigenvalue weighted by molar-refractivity contribution is -0.115. The van der Waals surface area contributed by atoms with Gasteiger partial charge in [0.15, 0.2) is 6.10 Å². The average Bonchev–Trinajstić information content (AvgIpc) is 2.91. The molecule has 0 spiro atoms. The fourth-order valence-electron chi connectivity index (χ4n) is 3.43. The van der Waals surface area contributed by atoms with Gasteiger partial charge >= 0.3 is 5.97 Å². The number of carbonyl (C=O) groups excluding carboxylic acids is 3. The highest BCUT2D eigenvalue weighted by Crippen LogP contribution is 2.32. The van der Waals surface area contributed by atoms with Crippen LogP contribution in [0.1, 0.15) is 39.8 Å². The molecule has 0 saturated carbocycles. The van der Waals surface area contributed by atoms with Crippen LogP contribution in [0.5, 0.6) is 0 Å². The van der Waals surface area contributed by atoms with Gasteiger partial charge in [0.1, 0.15) is 0 Å². The van der Waals surface area contributed by atoms with Gasteiger partial charge in [0.2, 0.25) is 11.7 Å². The maximum Gasteiger partial charge on any atom is 0.338 e. The molecule has 1 aliphatic heterocycles. The highest BCUT2D eigenvalue weighted by atomic mass is 32.2. The van der Waals surface area contributed by atoms with Crippen molar-refractivity contribution < 1.29 is 19.1 Å². The molecule has 148 valence electrons. The number of benzene rings is 2. The lowest BCUT2D eigenvalue weighted by Crippen LogP contribution is -2.25. The average molecular weight is 408 g/mol. The molecular weight excluding hydrogens is 388 g/mol. The largest absolute Gasteiger partial charge is 0.451 e. The summed E-state index contributed by atoms with van der Waals surface area (Å²) in [6, 6.07) is 12.6. The van der Waals surface area contributed by atoms with Gasteiger partial charge in [0.05, 0.1) is 11.3 Å². The summed E-state index contributed by atoms with van der Waals surface area (Å²) < 4.78 is 5.45. The number of fused-ring (bicyclic) bond motifs is 2. The van der Waals surface area contributed by atoms with Crippen LogP contribution in [-0.2, 0) is 9.53 Å². The zero-order valence-electron chi connectivity index (χ0n) is 16.1. The van der Waals surface area contributed by atoms with Crippen LogP contribution in [0.4, 0.5) is 5.69 Å². The molecule has 0 fully saturated rings. The fourth-order valence-corrected chi connectivity index (χ4v) is 4.36. The van der Waals surface area contributed by atoms with Gasteiger partial charge in [0, 0.05) is 39.2 Å². The zero-order valence-corrected chi connectivity index (χ0v) is 16.9. The minimum atomic E-state index is -0.941. The molecule has 0 radical (unpaired) electrons. The van der Waals surface area contributed by atoms with Crippen molar-refractivity contribution >= 4 is 46.0 Å². The first-order valence-corrected chi connectivity index (χ1v) is 10.3. The lowest BCUT2D eigenvalue weighted by atomic mass is 10.0. The summed E-state index contributed by atoms with van der Waals surface area (Å²) in [6.45, 7) is 3.40. The number of thioether (sulfide) groups is 1. The number of hydrogen-bond donors (Lipinski definition) is 2. The first-order chi connectivity index (χ1) is 13.9. The van der Waals surface area contributed by atoms with E-state index < -0.39 is 12.1 Å². The Labute approximate surface area is 172 Å². The van der Waals surface area contributed by atoms with E-state index in [-0.39, 0.29) is 11.7 Å². The Bertz CT molecular complexity index is 1140. The topological polar surface area (TPSA) is 88.3 Å². The van der Waals surface area contributed by atoms with E-state index in [1.54, 1.807) is 36.9 Å². The normalized spacial score (nSPS) is 14.6. The Morgan fingerprint density at radius 2 is 1.97 bits per heavy atom. The fraction of sp³-hybridized carbons (Fsp3) is 0.227. The monoisotopic (exact) mass is 408 g/mol. The summed E-state index contributed by atoms with van der Waals surface area (Å²) in [5.41, 5.74) is 3.03. The van der Waals surface area contributed by atoms with Crippen molar-refractivity contribution in [1.82, 2.24) is 4.98 Å². The highest BCUT2D eigenvalue weighted by molar-refractivity contribution is 7.99. The molecule has 6 nitrogen and oxygen atoms in total. The molecule has 1 atom stereocenters. The molecule has 3 aromatic rings. The molecule has 0 bridgehead atoms. The van der Waals surface area contributed by atoms with Gasteiger partial charge in [0.25, 0.3) is 0 Å². The number of esters is 1. The number of ketones is 1. The maximum absolute atomic E-state index is 13.0. The second kappa shape index (κ2) is 7.75. The molecule has 0 saturated heterocycles. The van der Waals surface area contributed by atoms with Gasteiger partial charge in [-0.05, 0) is 38.1 Å². The van der Waals surface area contributed by atoms with E-state index in [0.29, 0.717) is 29.0 Å². The Hall–Kier alpha value is -3.06. The molecule has 29 heavy (non-hydrogen) atoms. The summed E-state index contributed by atoms with van der Waals surface area (Å²) in [7, 11) is 0. The first-order valence-electron chi connectivity index (χ1n) is 9.33. The maximum atomic E-state index is 13.0. The third-order valence-corrected chi connectivity index (χ3v) is 5.94. The van der Waals surface area contributed by atoms with E-state index in [4.69, 9.17) is 4.74 Å². The molecule has 4 rings (SSSR count). The van der Waals surface area contributed by atoms with Crippen molar-refractivity contribution in [2.45, 2.75) is 31.3 Å². The molecule has 1 aliphatic rings. The summed E-state index contributed by atoms with van der Waals surface area (Å²) in [6.07, 6.45) is -0.516. The number of ether oxygens (including phenoxy) is 1. The minimum absolute atomic E-state index is 0.0832. The molecular formula is C22H20N2O4S. The highest BCUT2D eigenvalue weighted by Gasteiger charge is 2.25. The van der Waals surface area contributed by atoms with Crippen LogP contribution in [0.15, 0.2) is 47.4 Å². The Morgan fingerprint density at radius 1 is 1.17 bits per heavy atom. The predicted octanol–water partition coefficient (Wildman–Crippen LogP) is 4.34. The number of rotatable bonds is 4. The molecule has 2 aromatic carbocycles. The number of anilines is 1. The van der Waals surface area contributed by atoms with Crippen molar-refractivity contribution in [2.75, 3.05) is 11.1 Å². The van der Waals surface area contributed by atoms with Crippen molar-refractivity contribution in [1.29, 1.82) is 0 Å². The number of aryl methyl sites for hydroxylation is 1. The molecule has 7 heteroatoms. The first kappa shape index (κ1) is 19.3. The Morgan fingerprint density at radius 3 is 2.79 bits per heavy atom. The number of Topliss-reactive ketones (excluding diaryl/α,β-unsaturated/α-hetero) is 1. The third kappa shape index (κ3) is 3.78. The SMILES string of the molecule is Cc1[nH]c2ccccc2c1C(=O)[C@@H](C)OC(=O)c1ccc2c(c1)NC(=O)CCS2. The Kier molecular flexibility index (Phi) is 5.15. The number of aromatic nitrogens is 1. The number of H-pyrrole nitrogens is 1. The van der Waals surface area contributed by atoms with Gasteiger partial charge in [-0.25, -0.2) is 4.79 Å². The second-order valence-electron chi connectivity index (χ2n) is 6.94. The molecule has 0 unspecified atom stereocenters. The quantitative estimate of drug-likeness (QED) is 0.495. The number of carbonyl (C=O) groups is 3. The van der Waals surface area contributed by atoms with Gasteiger partial charge < -0.3 is 15.0 Å². The van der Waals surface area contributed by atoms with Gasteiger partial charge in [-0.1, -0.05) is 18.2 Å². The number of aromatic amines is 1. The molecule has 1 amide bonds. The summed E-state index contributed by atoms with van der Waals surface area (Å²) in [5.74, 6) is -0.250. The molecule has 2 N–H and O–H groups in total. The molecule has 0 aliphatic carbocycles. The van der Waals surface area contributed by atoms with Crippen LogP contribution in [0, 0.1) is 6.92 Å². The summed E-state index contributed by atoms with van der Waals surface area (Å²) >= 11 is 1.56. The van der Waals surface area contributed by atoms with Crippen LogP contribution in [0.25, 0.3) is 10.9 Å². The minimum Gasteiger partial charge on any atom is -0.451 e. The van der Waals surface area contributed by atoms with E-state index in [0.717, 1.165) is 21.5 Å².